The van der Waals surface area contributed by atoms with Gasteiger partial charge in [-0.3, -0.25) is 0 Å². The number of hydrogen-bond donors (Lipinski definition) is 1. The molecule has 2 aromatic carbocycles. The van der Waals surface area contributed by atoms with Gasteiger partial charge in [-0.2, -0.15) is 0 Å². The van der Waals surface area contributed by atoms with Gasteiger partial charge < -0.3 is 9.84 Å². The number of halogens is 1. The standard InChI is InChI=1S/C18H19IO3/c1-12(2)15-5-3-4-6-16(15)22-17(18(20)21)11-13-7-9-14(19)10-8-13/h3-10,12,17H,11H2,1-2H3,(H,20,21). The monoisotopic (exact) mass is 410 g/mol. The maximum atomic E-state index is 11.5. The minimum absolute atomic E-state index is 0.281. The topological polar surface area (TPSA) is 46.5 Å². The van der Waals surface area contributed by atoms with Gasteiger partial charge in [-0.15, -0.1) is 0 Å². The summed E-state index contributed by atoms with van der Waals surface area (Å²) in [5.74, 6) is -0.0172. The first kappa shape index (κ1) is 16.8. The average Bonchev–Trinajstić information content (AvgIpc) is 2.49. The lowest BCUT2D eigenvalue weighted by Gasteiger charge is -2.19. The fourth-order valence-electron chi connectivity index (χ4n) is 2.23. The highest BCUT2D eigenvalue weighted by Gasteiger charge is 2.21. The summed E-state index contributed by atoms with van der Waals surface area (Å²) in [5, 5.41) is 9.45. The van der Waals surface area contributed by atoms with Gasteiger partial charge in [-0.05, 0) is 57.8 Å². The third-order valence-corrected chi connectivity index (χ3v) is 4.14. The van der Waals surface area contributed by atoms with Crippen LogP contribution in [0.15, 0.2) is 48.5 Å². The summed E-state index contributed by atoms with van der Waals surface area (Å²) in [6.45, 7) is 4.13. The van der Waals surface area contributed by atoms with Crippen LogP contribution in [0.25, 0.3) is 0 Å². The molecule has 4 heteroatoms. The second-order valence-corrected chi connectivity index (χ2v) is 6.71. The molecular formula is C18H19IO3. The molecule has 0 amide bonds. The lowest BCUT2D eigenvalue weighted by molar-refractivity contribution is -0.145. The molecule has 1 unspecified atom stereocenters. The first-order valence-electron chi connectivity index (χ1n) is 7.20. The van der Waals surface area contributed by atoms with Gasteiger partial charge in [-0.1, -0.05) is 44.2 Å². The van der Waals surface area contributed by atoms with E-state index in [4.69, 9.17) is 4.74 Å². The zero-order chi connectivity index (χ0) is 16.1. The Bertz CT molecular complexity index is 635. The Hall–Kier alpha value is -1.56. The second kappa shape index (κ2) is 7.63. The SMILES string of the molecule is CC(C)c1ccccc1OC(Cc1ccc(I)cc1)C(=O)O. The minimum Gasteiger partial charge on any atom is -0.478 e. The molecule has 0 saturated carbocycles. The van der Waals surface area contributed by atoms with Crippen LogP contribution < -0.4 is 4.74 Å². The Labute approximate surface area is 144 Å². The molecule has 2 aromatic rings. The van der Waals surface area contributed by atoms with Crippen molar-refractivity contribution < 1.29 is 14.6 Å². The average molecular weight is 410 g/mol. The fourth-order valence-corrected chi connectivity index (χ4v) is 2.59. The zero-order valence-electron chi connectivity index (χ0n) is 12.6. The molecule has 1 atom stereocenters. The lowest BCUT2D eigenvalue weighted by atomic mass is 10.0. The number of carboxylic acid groups (broad SMARTS) is 1. The third kappa shape index (κ3) is 4.47. The highest BCUT2D eigenvalue weighted by molar-refractivity contribution is 14.1. The Balaban J connectivity index is 2.19. The number of benzene rings is 2. The Morgan fingerprint density at radius 2 is 1.77 bits per heavy atom. The van der Waals surface area contributed by atoms with E-state index in [2.05, 4.69) is 36.4 Å². The van der Waals surface area contributed by atoms with Gasteiger partial charge >= 0.3 is 5.97 Å². The van der Waals surface area contributed by atoms with Crippen LogP contribution in [0.3, 0.4) is 0 Å². The Morgan fingerprint density at radius 3 is 2.36 bits per heavy atom. The van der Waals surface area contributed by atoms with Gasteiger partial charge in [0.15, 0.2) is 6.10 Å². The second-order valence-electron chi connectivity index (χ2n) is 5.47. The van der Waals surface area contributed by atoms with E-state index in [0.29, 0.717) is 12.2 Å². The van der Waals surface area contributed by atoms with Crippen molar-refractivity contribution in [3.63, 3.8) is 0 Å². The molecule has 0 radical (unpaired) electrons. The zero-order valence-corrected chi connectivity index (χ0v) is 14.8. The predicted molar refractivity (Wildman–Crippen MR) is 95.4 cm³/mol. The summed E-state index contributed by atoms with van der Waals surface area (Å²) in [4.78, 5) is 11.5. The van der Waals surface area contributed by atoms with Crippen LogP contribution in [-0.4, -0.2) is 17.2 Å². The number of carboxylic acids is 1. The first-order valence-corrected chi connectivity index (χ1v) is 8.28. The Kier molecular flexibility index (Phi) is 5.83. The van der Waals surface area contributed by atoms with Gasteiger partial charge in [0.1, 0.15) is 5.75 Å². The van der Waals surface area contributed by atoms with E-state index < -0.39 is 12.1 Å². The van der Waals surface area contributed by atoms with Crippen LogP contribution >= 0.6 is 22.6 Å². The maximum Gasteiger partial charge on any atom is 0.345 e. The van der Waals surface area contributed by atoms with Crippen LogP contribution in [0.5, 0.6) is 5.75 Å². The van der Waals surface area contributed by atoms with Crippen molar-refractivity contribution in [2.45, 2.75) is 32.3 Å². The molecule has 0 aliphatic heterocycles. The van der Waals surface area contributed by atoms with Gasteiger partial charge in [-0.25, -0.2) is 4.79 Å². The maximum absolute atomic E-state index is 11.5. The van der Waals surface area contributed by atoms with E-state index in [-0.39, 0.29) is 5.92 Å². The summed E-state index contributed by atoms with van der Waals surface area (Å²) in [6.07, 6.45) is -0.543. The van der Waals surface area contributed by atoms with Crippen molar-refractivity contribution >= 4 is 28.6 Å². The van der Waals surface area contributed by atoms with Crippen molar-refractivity contribution in [3.8, 4) is 5.75 Å². The number of carbonyl (C=O) groups is 1. The van der Waals surface area contributed by atoms with Crippen LogP contribution in [0, 0.1) is 3.57 Å². The quantitative estimate of drug-likeness (QED) is 0.714. The third-order valence-electron chi connectivity index (χ3n) is 3.42. The van der Waals surface area contributed by atoms with E-state index in [1.54, 1.807) is 0 Å². The summed E-state index contributed by atoms with van der Waals surface area (Å²) >= 11 is 2.23. The van der Waals surface area contributed by atoms with Crippen molar-refractivity contribution in [1.82, 2.24) is 0 Å². The van der Waals surface area contributed by atoms with E-state index in [1.807, 2.05) is 48.5 Å². The van der Waals surface area contributed by atoms with E-state index >= 15 is 0 Å². The predicted octanol–water partition coefficient (Wildman–Crippen LogP) is 4.49. The van der Waals surface area contributed by atoms with Gasteiger partial charge in [0, 0.05) is 9.99 Å². The molecule has 0 aliphatic carbocycles. The number of aliphatic carboxylic acids is 1. The largest absolute Gasteiger partial charge is 0.478 e. The summed E-state index contributed by atoms with van der Waals surface area (Å²) in [6, 6.07) is 15.4. The minimum atomic E-state index is -0.947. The molecular weight excluding hydrogens is 391 g/mol. The molecule has 22 heavy (non-hydrogen) atoms. The Morgan fingerprint density at radius 1 is 1.14 bits per heavy atom. The smallest absolute Gasteiger partial charge is 0.345 e. The molecule has 0 saturated heterocycles. The molecule has 1 N–H and O–H groups in total. The van der Waals surface area contributed by atoms with E-state index in [9.17, 15) is 9.90 Å². The molecule has 0 heterocycles. The van der Waals surface area contributed by atoms with Crippen molar-refractivity contribution in [3.05, 3.63) is 63.2 Å². The fraction of sp³-hybridized carbons (Fsp3) is 0.278. The first-order chi connectivity index (χ1) is 10.5. The summed E-state index contributed by atoms with van der Waals surface area (Å²) < 4.78 is 6.93. The highest BCUT2D eigenvalue weighted by Crippen LogP contribution is 2.27. The lowest BCUT2D eigenvalue weighted by Crippen LogP contribution is -2.29. The number of rotatable bonds is 6. The highest BCUT2D eigenvalue weighted by atomic mass is 127. The molecule has 0 bridgehead atoms. The molecule has 0 aromatic heterocycles. The molecule has 0 fully saturated rings. The van der Waals surface area contributed by atoms with E-state index in [1.165, 1.54) is 0 Å². The molecule has 3 nitrogen and oxygen atoms in total. The van der Waals surface area contributed by atoms with Gasteiger partial charge in [0.25, 0.3) is 0 Å². The van der Waals surface area contributed by atoms with Crippen LogP contribution in [0.1, 0.15) is 30.9 Å². The van der Waals surface area contributed by atoms with Crippen LogP contribution in [0.2, 0.25) is 0 Å². The molecule has 2 rings (SSSR count). The summed E-state index contributed by atoms with van der Waals surface area (Å²) in [5.41, 5.74) is 1.98. The molecule has 0 spiro atoms. The van der Waals surface area contributed by atoms with Crippen molar-refractivity contribution in [2.24, 2.45) is 0 Å². The van der Waals surface area contributed by atoms with Crippen LogP contribution in [0.4, 0.5) is 0 Å². The number of hydrogen-bond acceptors (Lipinski definition) is 2. The molecule has 0 aliphatic rings. The van der Waals surface area contributed by atoms with Crippen molar-refractivity contribution in [2.75, 3.05) is 0 Å². The van der Waals surface area contributed by atoms with Crippen LogP contribution in [-0.2, 0) is 11.2 Å². The van der Waals surface area contributed by atoms with E-state index in [0.717, 1.165) is 14.7 Å². The number of para-hydroxylation sites is 1. The van der Waals surface area contributed by atoms with Gasteiger partial charge in [0.2, 0.25) is 0 Å². The van der Waals surface area contributed by atoms with Gasteiger partial charge in [0.05, 0.1) is 0 Å². The number of ether oxygens (including phenoxy) is 1. The normalized spacial score (nSPS) is 12.2. The van der Waals surface area contributed by atoms with Crippen molar-refractivity contribution in [1.29, 1.82) is 0 Å². The molecule has 116 valence electrons. The summed E-state index contributed by atoms with van der Waals surface area (Å²) in [7, 11) is 0.